The summed E-state index contributed by atoms with van der Waals surface area (Å²) in [7, 11) is 0. The number of benzene rings is 1. The van der Waals surface area contributed by atoms with Crippen LogP contribution in [0.5, 0.6) is 6.01 Å². The van der Waals surface area contributed by atoms with Crippen LogP contribution in [0.15, 0.2) is 36.9 Å². The highest BCUT2D eigenvalue weighted by Crippen LogP contribution is 2.80. The van der Waals surface area contributed by atoms with Gasteiger partial charge in [0.05, 0.1) is 6.54 Å². The Balaban J connectivity index is 1.35. The number of aliphatic hydroxyl groups excluding tert-OH is 1. The van der Waals surface area contributed by atoms with Crippen molar-refractivity contribution in [3.63, 3.8) is 0 Å². The normalized spacial score (nSPS) is 25.2. The summed E-state index contributed by atoms with van der Waals surface area (Å²) in [5.41, 5.74) is -6.06. The molecule has 16 heteroatoms. The zero-order valence-corrected chi connectivity index (χ0v) is 19.2. The quantitative estimate of drug-likeness (QED) is 0.392. The Bertz CT molecular complexity index is 1300. The number of ether oxygens (including phenoxy) is 1. The van der Waals surface area contributed by atoms with Gasteiger partial charge in [-0.2, -0.15) is 13.2 Å². The summed E-state index contributed by atoms with van der Waals surface area (Å²) in [4.78, 5) is 7.59. The van der Waals surface area contributed by atoms with Gasteiger partial charge in [0.2, 0.25) is 0 Å². The molecule has 2 heterocycles. The van der Waals surface area contributed by atoms with Crippen LogP contribution < -0.4 is 4.74 Å². The smallest absolute Gasteiger partial charge is 0.417 e. The lowest BCUT2D eigenvalue weighted by molar-refractivity contribution is -0.347. The molecule has 38 heavy (non-hydrogen) atoms. The summed E-state index contributed by atoms with van der Waals surface area (Å²) in [5, 5.41) is 30.5. The number of alkyl halides is 5. The van der Waals surface area contributed by atoms with Crippen LogP contribution in [0.4, 0.5) is 30.7 Å². The molecule has 0 radical (unpaired) electrons. The van der Waals surface area contributed by atoms with Crippen LogP contribution in [-0.4, -0.2) is 65.2 Å². The number of hydrogen-bond acceptors (Lipinski definition) is 8. The van der Waals surface area contributed by atoms with Gasteiger partial charge in [0.1, 0.15) is 24.6 Å². The van der Waals surface area contributed by atoms with Gasteiger partial charge in [0, 0.05) is 34.9 Å². The van der Waals surface area contributed by atoms with Gasteiger partial charge in [-0.3, -0.25) is 0 Å². The molecule has 0 spiro atoms. The average Bonchev–Trinajstić information content (AvgIpc) is 3.28. The van der Waals surface area contributed by atoms with Crippen molar-refractivity contribution in [3.8, 4) is 6.01 Å². The maximum atomic E-state index is 16.2. The Kier molecular flexibility index (Phi) is 5.90. The van der Waals surface area contributed by atoms with E-state index in [1.165, 1.54) is 12.4 Å². The second kappa shape index (κ2) is 8.56. The largest absolute Gasteiger partial charge is 0.460 e. The third-order valence-corrected chi connectivity index (χ3v) is 7.36. The first-order valence-electron chi connectivity index (χ1n) is 11.2. The zero-order chi connectivity index (χ0) is 27.6. The highest BCUT2D eigenvalue weighted by atomic mass is 19.4. The van der Waals surface area contributed by atoms with Crippen LogP contribution in [0.1, 0.15) is 30.4 Å². The van der Waals surface area contributed by atoms with E-state index in [2.05, 4.69) is 25.5 Å². The SMILES string of the molecule is O[C@H](COc1ncc(C23CC(C(F)(F)[C@](O)(Cn4cnnn4)c4ccc(F)cc4F)(C2)C3)cn1)C(F)(F)F. The number of tetrazole rings is 1. The molecule has 0 aliphatic heterocycles. The summed E-state index contributed by atoms with van der Waals surface area (Å²) in [6.07, 6.45) is -4.58. The molecule has 2 bridgehead atoms. The Morgan fingerprint density at radius 2 is 1.71 bits per heavy atom. The Morgan fingerprint density at radius 3 is 2.26 bits per heavy atom. The number of aliphatic hydroxyl groups is 2. The highest BCUT2D eigenvalue weighted by molar-refractivity contribution is 5.41. The van der Waals surface area contributed by atoms with Crippen molar-refractivity contribution >= 4 is 0 Å². The number of aromatic nitrogens is 6. The van der Waals surface area contributed by atoms with E-state index in [9.17, 15) is 27.1 Å². The van der Waals surface area contributed by atoms with Crippen molar-refractivity contribution in [3.05, 3.63) is 59.7 Å². The van der Waals surface area contributed by atoms with Crippen molar-refractivity contribution in [1.82, 2.24) is 30.2 Å². The Hall–Kier alpha value is -3.40. The van der Waals surface area contributed by atoms with Crippen LogP contribution >= 0.6 is 0 Å². The second-order valence-electron chi connectivity index (χ2n) is 9.78. The van der Waals surface area contributed by atoms with E-state index < -0.39 is 71.0 Å². The topological polar surface area (TPSA) is 119 Å². The molecule has 0 unspecified atom stereocenters. The number of halogens is 7. The summed E-state index contributed by atoms with van der Waals surface area (Å²) in [6.45, 7) is -2.04. The van der Waals surface area contributed by atoms with Gasteiger partial charge in [-0.25, -0.2) is 32.2 Å². The molecular weight excluding hydrogens is 529 g/mol. The standard InChI is InChI=1S/C22H19F7N6O3/c23-13-1-2-14(15(24)3-13)20(37,10-35-11-32-33-34-35)22(28,29)19-7-18(8-19,9-19)12-4-30-17(31-5-12)38-6-16(36)21(25,26)27/h1-5,11,16,36-37H,6-10H2/t16-,18?,19?,20+/m1/s1. The molecule has 1 aromatic carbocycles. The van der Waals surface area contributed by atoms with Gasteiger partial charge in [0.25, 0.3) is 5.92 Å². The molecular formula is C22H19F7N6O3. The molecule has 2 atom stereocenters. The van der Waals surface area contributed by atoms with E-state index in [1.807, 2.05) is 0 Å². The van der Waals surface area contributed by atoms with Crippen molar-refractivity contribution in [2.75, 3.05) is 6.61 Å². The van der Waals surface area contributed by atoms with Gasteiger partial charge in [-0.1, -0.05) is 0 Å². The Labute approximate surface area is 209 Å². The maximum Gasteiger partial charge on any atom is 0.417 e. The number of rotatable bonds is 9. The lowest BCUT2D eigenvalue weighted by Gasteiger charge is -2.74. The molecule has 2 N–H and O–H groups in total. The molecule has 3 aromatic rings. The van der Waals surface area contributed by atoms with Crippen molar-refractivity contribution in [1.29, 1.82) is 0 Å². The van der Waals surface area contributed by atoms with Gasteiger partial charge in [-0.05, 0) is 47.4 Å². The van der Waals surface area contributed by atoms with Crippen LogP contribution in [-0.2, 0) is 17.6 Å². The van der Waals surface area contributed by atoms with Gasteiger partial charge in [0.15, 0.2) is 11.7 Å². The minimum absolute atomic E-state index is 0.135. The number of nitrogens with zero attached hydrogens (tertiary/aromatic N) is 6. The fraction of sp³-hybridized carbons (Fsp3) is 0.500. The van der Waals surface area contributed by atoms with Crippen LogP contribution in [0.3, 0.4) is 0 Å². The Morgan fingerprint density at radius 1 is 1.05 bits per heavy atom. The fourth-order valence-corrected chi connectivity index (χ4v) is 5.44. The van der Waals surface area contributed by atoms with E-state index in [1.54, 1.807) is 0 Å². The van der Waals surface area contributed by atoms with E-state index >= 15 is 8.78 Å². The lowest BCUT2D eigenvalue weighted by Crippen LogP contribution is -2.76. The molecule has 0 saturated heterocycles. The molecule has 6 rings (SSSR count). The average molecular weight is 548 g/mol. The summed E-state index contributed by atoms with van der Waals surface area (Å²) in [6, 6.07) is 1.48. The predicted octanol–water partition coefficient (Wildman–Crippen LogP) is 2.69. The zero-order valence-electron chi connectivity index (χ0n) is 19.2. The van der Waals surface area contributed by atoms with Crippen molar-refractivity contribution < 1.29 is 45.7 Å². The van der Waals surface area contributed by atoms with Gasteiger partial charge < -0.3 is 14.9 Å². The molecule has 3 aliphatic rings. The first kappa shape index (κ1) is 26.2. The maximum absolute atomic E-state index is 16.2. The van der Waals surface area contributed by atoms with Gasteiger partial charge >= 0.3 is 12.2 Å². The molecule has 3 aliphatic carbocycles. The summed E-state index contributed by atoms with van der Waals surface area (Å²) in [5.74, 6) is -6.30. The summed E-state index contributed by atoms with van der Waals surface area (Å²) < 4.78 is 103. The third-order valence-electron chi connectivity index (χ3n) is 7.36. The van der Waals surface area contributed by atoms with Crippen LogP contribution in [0, 0.1) is 17.0 Å². The third kappa shape index (κ3) is 3.97. The monoisotopic (exact) mass is 548 g/mol. The van der Waals surface area contributed by atoms with Crippen LogP contribution in [0.25, 0.3) is 0 Å². The van der Waals surface area contributed by atoms with E-state index in [0.717, 1.165) is 23.1 Å². The van der Waals surface area contributed by atoms with E-state index in [-0.39, 0.29) is 19.3 Å². The minimum Gasteiger partial charge on any atom is -0.460 e. The molecule has 2 aromatic heterocycles. The van der Waals surface area contributed by atoms with Crippen molar-refractivity contribution in [2.24, 2.45) is 5.41 Å². The molecule has 204 valence electrons. The number of hydrogen-bond donors (Lipinski definition) is 2. The molecule has 3 fully saturated rings. The van der Waals surface area contributed by atoms with E-state index in [0.29, 0.717) is 11.6 Å². The first-order chi connectivity index (χ1) is 17.7. The molecule has 9 nitrogen and oxygen atoms in total. The molecule has 3 saturated carbocycles. The first-order valence-corrected chi connectivity index (χ1v) is 11.2. The predicted molar refractivity (Wildman–Crippen MR) is 111 cm³/mol. The van der Waals surface area contributed by atoms with Crippen LogP contribution in [0.2, 0.25) is 0 Å². The lowest BCUT2D eigenvalue weighted by atomic mass is 9.31. The molecule has 0 amide bonds. The van der Waals surface area contributed by atoms with E-state index in [4.69, 9.17) is 9.84 Å². The fourth-order valence-electron chi connectivity index (χ4n) is 5.44. The van der Waals surface area contributed by atoms with Crippen molar-refractivity contribution in [2.45, 2.75) is 55.0 Å². The minimum atomic E-state index is -4.88. The second-order valence-corrected chi connectivity index (χ2v) is 9.78. The highest BCUT2D eigenvalue weighted by Gasteiger charge is 2.82. The van der Waals surface area contributed by atoms with Gasteiger partial charge in [-0.15, -0.1) is 5.10 Å². The summed E-state index contributed by atoms with van der Waals surface area (Å²) >= 11 is 0.